The van der Waals surface area contributed by atoms with E-state index in [0.717, 1.165) is 21.7 Å². The number of aldehydes is 1. The van der Waals surface area contributed by atoms with Gasteiger partial charge in [-0.15, -0.1) is 11.3 Å². The summed E-state index contributed by atoms with van der Waals surface area (Å²) in [4.78, 5) is 11.3. The van der Waals surface area contributed by atoms with Gasteiger partial charge in [0.05, 0.1) is 11.4 Å². The van der Waals surface area contributed by atoms with E-state index in [1.165, 1.54) is 11.3 Å². The zero-order chi connectivity index (χ0) is 16.2. The highest BCUT2D eigenvalue weighted by atomic mass is 32.2. The molecule has 0 N–H and O–H groups in total. The summed E-state index contributed by atoms with van der Waals surface area (Å²) in [6, 6.07) is 15.4. The van der Waals surface area contributed by atoms with Crippen LogP contribution in [0.3, 0.4) is 0 Å². The van der Waals surface area contributed by atoms with Gasteiger partial charge in [-0.3, -0.25) is 9.10 Å². The molecule has 0 aliphatic carbocycles. The fraction of sp³-hybridized carbons (Fsp3) is 0.118. The van der Waals surface area contributed by atoms with E-state index in [9.17, 15) is 9.00 Å². The summed E-state index contributed by atoms with van der Waals surface area (Å²) in [6.07, 6.45) is 2.69. The summed E-state index contributed by atoms with van der Waals surface area (Å²) in [7, 11) is 0.502. The SMILES string of the molecule is CN(c1cc(C=O)n(Cc2ccccc2)c1)S(=O)c1cccs1. The fourth-order valence-corrected chi connectivity index (χ4v) is 4.33. The number of rotatable bonds is 6. The van der Waals surface area contributed by atoms with Gasteiger partial charge in [-0.05, 0) is 23.1 Å². The Morgan fingerprint density at radius 1 is 1.22 bits per heavy atom. The lowest BCUT2D eigenvalue weighted by Gasteiger charge is -2.14. The minimum Gasteiger partial charge on any atom is -0.339 e. The molecule has 0 aliphatic rings. The van der Waals surface area contributed by atoms with Gasteiger partial charge in [-0.2, -0.15) is 0 Å². The molecule has 0 amide bonds. The van der Waals surface area contributed by atoms with Gasteiger partial charge in [0.25, 0.3) is 0 Å². The molecule has 1 unspecified atom stereocenters. The largest absolute Gasteiger partial charge is 0.339 e. The van der Waals surface area contributed by atoms with Crippen LogP contribution in [0.25, 0.3) is 0 Å². The molecule has 6 heteroatoms. The molecule has 0 bridgehead atoms. The van der Waals surface area contributed by atoms with Crippen LogP contribution in [0, 0.1) is 0 Å². The summed E-state index contributed by atoms with van der Waals surface area (Å²) in [5.74, 6) is 0. The van der Waals surface area contributed by atoms with Crippen molar-refractivity contribution in [3.63, 3.8) is 0 Å². The summed E-state index contributed by atoms with van der Waals surface area (Å²) >= 11 is 1.46. The van der Waals surface area contributed by atoms with Crippen molar-refractivity contribution in [1.82, 2.24) is 4.57 Å². The van der Waals surface area contributed by atoms with Gasteiger partial charge in [0, 0.05) is 19.8 Å². The maximum Gasteiger partial charge on any atom is 0.166 e. The third-order valence-corrected chi connectivity index (χ3v) is 6.08. The molecule has 0 saturated heterocycles. The topological polar surface area (TPSA) is 42.3 Å². The summed E-state index contributed by atoms with van der Waals surface area (Å²) in [6.45, 7) is 0.606. The summed E-state index contributed by atoms with van der Waals surface area (Å²) in [5.41, 5.74) is 2.44. The van der Waals surface area contributed by atoms with E-state index in [1.54, 1.807) is 17.4 Å². The summed E-state index contributed by atoms with van der Waals surface area (Å²) in [5, 5.41) is 1.90. The van der Waals surface area contributed by atoms with Crippen LogP contribution in [0.5, 0.6) is 0 Å². The number of thiophene rings is 1. The first kappa shape index (κ1) is 15.7. The molecule has 4 nitrogen and oxygen atoms in total. The van der Waals surface area contributed by atoms with Gasteiger partial charge in [0.1, 0.15) is 4.21 Å². The van der Waals surface area contributed by atoms with Crippen LogP contribution in [0.15, 0.2) is 64.3 Å². The Hall–Kier alpha value is -2.18. The van der Waals surface area contributed by atoms with Gasteiger partial charge in [0.15, 0.2) is 17.3 Å². The maximum atomic E-state index is 12.5. The van der Waals surface area contributed by atoms with E-state index in [4.69, 9.17) is 0 Å². The number of aromatic nitrogens is 1. The third kappa shape index (κ3) is 3.43. The molecule has 0 aliphatic heterocycles. The molecule has 0 spiro atoms. The minimum absolute atomic E-state index is 0.568. The van der Waals surface area contributed by atoms with E-state index in [1.807, 2.05) is 58.6 Å². The molecule has 1 atom stereocenters. The zero-order valence-electron chi connectivity index (χ0n) is 12.6. The number of hydrogen-bond acceptors (Lipinski definition) is 3. The Kier molecular flexibility index (Phi) is 4.73. The van der Waals surface area contributed by atoms with Crippen LogP contribution in [0.4, 0.5) is 5.69 Å². The number of anilines is 1. The molecule has 23 heavy (non-hydrogen) atoms. The first-order chi connectivity index (χ1) is 11.2. The molecule has 0 radical (unpaired) electrons. The van der Waals surface area contributed by atoms with Crippen molar-refractivity contribution in [2.75, 3.05) is 11.4 Å². The standard InChI is InChI=1S/C17H16N2O2S2/c1-18(23(21)17-8-5-9-22-17)15-10-16(13-20)19(12-15)11-14-6-3-2-4-7-14/h2-10,12-13H,11H2,1H3. The van der Waals surface area contributed by atoms with Crippen molar-refractivity contribution in [3.8, 4) is 0 Å². The van der Waals surface area contributed by atoms with E-state index in [0.29, 0.717) is 12.2 Å². The lowest BCUT2D eigenvalue weighted by Crippen LogP contribution is -2.19. The lowest BCUT2D eigenvalue weighted by atomic mass is 10.2. The van der Waals surface area contributed by atoms with Crippen LogP contribution in [-0.4, -0.2) is 22.1 Å². The van der Waals surface area contributed by atoms with Crippen LogP contribution >= 0.6 is 11.3 Å². The Morgan fingerprint density at radius 3 is 2.65 bits per heavy atom. The third-order valence-electron chi connectivity index (χ3n) is 3.51. The number of carbonyl (C=O) groups is 1. The Labute approximate surface area is 141 Å². The van der Waals surface area contributed by atoms with E-state index in [2.05, 4.69) is 0 Å². The lowest BCUT2D eigenvalue weighted by molar-refractivity contribution is 0.111. The summed E-state index contributed by atoms with van der Waals surface area (Å²) < 4.78 is 16.9. The number of benzene rings is 1. The second-order valence-electron chi connectivity index (χ2n) is 5.03. The predicted molar refractivity (Wildman–Crippen MR) is 94.5 cm³/mol. The highest BCUT2D eigenvalue weighted by Gasteiger charge is 2.16. The van der Waals surface area contributed by atoms with Gasteiger partial charge < -0.3 is 4.57 Å². The Bertz CT molecular complexity index is 811. The Morgan fingerprint density at radius 2 is 2.00 bits per heavy atom. The quantitative estimate of drug-likeness (QED) is 0.642. The molecule has 3 rings (SSSR count). The van der Waals surface area contributed by atoms with Crippen molar-refractivity contribution in [3.05, 3.63) is 71.4 Å². The first-order valence-electron chi connectivity index (χ1n) is 7.07. The average molecular weight is 344 g/mol. The minimum atomic E-state index is -1.27. The molecule has 2 heterocycles. The molecule has 0 saturated carbocycles. The molecule has 118 valence electrons. The van der Waals surface area contributed by atoms with Gasteiger partial charge >= 0.3 is 0 Å². The molecular formula is C17H16N2O2S2. The maximum absolute atomic E-state index is 12.5. The van der Waals surface area contributed by atoms with Crippen molar-refractivity contribution in [2.45, 2.75) is 10.8 Å². The second kappa shape index (κ2) is 6.93. The number of carbonyl (C=O) groups excluding carboxylic acids is 1. The Balaban J connectivity index is 1.86. The second-order valence-corrected chi connectivity index (χ2v) is 7.73. The van der Waals surface area contributed by atoms with E-state index in [-0.39, 0.29) is 0 Å². The van der Waals surface area contributed by atoms with E-state index >= 15 is 0 Å². The number of nitrogens with zero attached hydrogens (tertiary/aromatic N) is 2. The normalized spacial score (nSPS) is 12.0. The predicted octanol–water partition coefficient (Wildman–Crippen LogP) is 3.57. The van der Waals surface area contributed by atoms with Gasteiger partial charge in [-0.25, -0.2) is 4.21 Å². The molecular weight excluding hydrogens is 328 g/mol. The van der Waals surface area contributed by atoms with Crippen molar-refractivity contribution < 1.29 is 9.00 Å². The fourth-order valence-electron chi connectivity index (χ4n) is 2.29. The van der Waals surface area contributed by atoms with E-state index < -0.39 is 11.0 Å². The molecule has 0 fully saturated rings. The van der Waals surface area contributed by atoms with Crippen LogP contribution in [0.2, 0.25) is 0 Å². The smallest absolute Gasteiger partial charge is 0.166 e. The molecule has 2 aromatic heterocycles. The van der Waals surface area contributed by atoms with Crippen molar-refractivity contribution in [2.24, 2.45) is 0 Å². The van der Waals surface area contributed by atoms with Crippen molar-refractivity contribution >= 4 is 34.3 Å². The monoisotopic (exact) mass is 344 g/mol. The highest BCUT2D eigenvalue weighted by Crippen LogP contribution is 2.24. The molecule has 3 aromatic rings. The first-order valence-corrected chi connectivity index (χ1v) is 9.06. The van der Waals surface area contributed by atoms with Gasteiger partial charge in [-0.1, -0.05) is 36.4 Å². The van der Waals surface area contributed by atoms with Crippen LogP contribution < -0.4 is 4.31 Å². The van der Waals surface area contributed by atoms with Crippen LogP contribution in [0.1, 0.15) is 16.1 Å². The highest BCUT2D eigenvalue weighted by molar-refractivity contribution is 7.88. The van der Waals surface area contributed by atoms with Crippen molar-refractivity contribution in [1.29, 1.82) is 0 Å². The average Bonchev–Trinajstić information content (AvgIpc) is 3.24. The number of hydrogen-bond donors (Lipinski definition) is 0. The van der Waals surface area contributed by atoms with Gasteiger partial charge in [0.2, 0.25) is 0 Å². The zero-order valence-corrected chi connectivity index (χ0v) is 14.2. The molecule has 1 aromatic carbocycles. The van der Waals surface area contributed by atoms with Crippen LogP contribution in [-0.2, 0) is 17.5 Å².